The third-order valence-corrected chi connectivity index (χ3v) is 11.9. The van der Waals surface area contributed by atoms with Crippen molar-refractivity contribution in [3.05, 3.63) is 0 Å². The summed E-state index contributed by atoms with van der Waals surface area (Å²) in [6.07, 6.45) is 1.70. The molecule has 9 atom stereocenters. The molecule has 5 saturated carbocycles. The lowest BCUT2D eigenvalue weighted by molar-refractivity contribution is -0.112. The van der Waals surface area contributed by atoms with Crippen molar-refractivity contribution in [1.82, 2.24) is 0 Å². The average molecular weight is 381 g/mol. The van der Waals surface area contributed by atoms with Gasteiger partial charge in [0.25, 0.3) is 0 Å². The third kappa shape index (κ3) is 0.720. The minimum absolute atomic E-state index is 0.00941. The SMILES string of the molecule is O=C[C@@H]1C[C@@H]2[C@@H]3[C@H]1[C@@]1(Cl)C(Cl)(Cl)[C@]3(Cl)[C@@]3(Cl)[C@@H]2[C@]31Cl. The van der Waals surface area contributed by atoms with Crippen molar-refractivity contribution in [1.29, 1.82) is 0 Å². The second kappa shape index (κ2) is 2.81. The predicted octanol–water partition coefficient (Wildman–Crippen LogP) is 3.81. The van der Waals surface area contributed by atoms with Crippen molar-refractivity contribution in [3.8, 4) is 0 Å². The molecule has 0 amide bonds. The molecular weight excluding hydrogens is 373 g/mol. The lowest BCUT2D eigenvalue weighted by Crippen LogP contribution is -2.53. The van der Waals surface area contributed by atoms with E-state index < -0.39 is 23.8 Å². The first-order valence-electron chi connectivity index (χ1n) is 6.26. The monoisotopic (exact) mass is 378 g/mol. The van der Waals surface area contributed by atoms with Gasteiger partial charge < -0.3 is 4.79 Å². The van der Waals surface area contributed by atoms with Crippen LogP contribution in [0.15, 0.2) is 0 Å². The van der Waals surface area contributed by atoms with Gasteiger partial charge in [-0.2, -0.15) is 0 Å². The summed E-state index contributed by atoms with van der Waals surface area (Å²) in [5, 5.41) is 0. The largest absolute Gasteiger partial charge is 0.303 e. The summed E-state index contributed by atoms with van der Waals surface area (Å²) in [7, 11) is 0. The van der Waals surface area contributed by atoms with E-state index in [-0.39, 0.29) is 29.6 Å². The molecule has 0 aromatic rings. The Morgan fingerprint density at radius 1 is 0.842 bits per heavy atom. The Bertz CT molecular complexity index is 566. The van der Waals surface area contributed by atoms with E-state index >= 15 is 0 Å². The second-order valence-electron chi connectivity index (χ2n) is 6.65. The Hall–Kier alpha value is 1.41. The molecular formula is C12H8Cl6O. The topological polar surface area (TPSA) is 17.1 Å². The Kier molecular flexibility index (Phi) is 1.91. The smallest absolute Gasteiger partial charge is 0.160 e. The molecule has 5 aliphatic carbocycles. The molecule has 2 bridgehead atoms. The van der Waals surface area contributed by atoms with Gasteiger partial charge in [-0.3, -0.25) is 0 Å². The predicted molar refractivity (Wildman–Crippen MR) is 76.9 cm³/mol. The highest BCUT2D eigenvalue weighted by Gasteiger charge is 3.12. The van der Waals surface area contributed by atoms with Crippen LogP contribution in [0.1, 0.15) is 6.42 Å². The zero-order chi connectivity index (χ0) is 13.8. The fourth-order valence-electron chi connectivity index (χ4n) is 6.34. The third-order valence-electron chi connectivity index (χ3n) is 6.65. The van der Waals surface area contributed by atoms with E-state index in [1.54, 1.807) is 0 Å². The van der Waals surface area contributed by atoms with Gasteiger partial charge in [0.1, 0.15) is 16.0 Å². The highest BCUT2D eigenvalue weighted by Crippen LogP contribution is 3.01. The number of aldehydes is 1. The van der Waals surface area contributed by atoms with Crippen LogP contribution < -0.4 is 0 Å². The van der Waals surface area contributed by atoms with E-state index in [4.69, 9.17) is 69.6 Å². The van der Waals surface area contributed by atoms with Crippen molar-refractivity contribution >= 4 is 75.9 Å². The molecule has 5 fully saturated rings. The first-order valence-corrected chi connectivity index (χ1v) is 8.53. The molecule has 0 aromatic carbocycles. The van der Waals surface area contributed by atoms with Crippen LogP contribution in [-0.2, 0) is 4.79 Å². The lowest BCUT2D eigenvalue weighted by Gasteiger charge is -2.42. The van der Waals surface area contributed by atoms with Crippen molar-refractivity contribution in [3.63, 3.8) is 0 Å². The molecule has 0 N–H and O–H groups in total. The molecule has 0 unspecified atom stereocenters. The summed E-state index contributed by atoms with van der Waals surface area (Å²) in [4.78, 5) is 7.49. The zero-order valence-corrected chi connectivity index (χ0v) is 13.9. The van der Waals surface area contributed by atoms with Gasteiger partial charge in [0.2, 0.25) is 0 Å². The van der Waals surface area contributed by atoms with Crippen molar-refractivity contribution in [2.45, 2.75) is 30.3 Å². The molecule has 0 saturated heterocycles. The van der Waals surface area contributed by atoms with Gasteiger partial charge in [-0.05, 0) is 24.2 Å². The molecule has 104 valence electrons. The molecule has 1 nitrogen and oxygen atoms in total. The van der Waals surface area contributed by atoms with E-state index in [1.165, 1.54) is 0 Å². The van der Waals surface area contributed by atoms with Gasteiger partial charge >= 0.3 is 0 Å². The lowest BCUT2D eigenvalue weighted by atomic mass is 9.73. The van der Waals surface area contributed by atoms with Crippen LogP contribution in [0.25, 0.3) is 0 Å². The number of carbonyl (C=O) groups is 1. The zero-order valence-electron chi connectivity index (χ0n) is 9.35. The number of halogens is 6. The molecule has 0 spiro atoms. The van der Waals surface area contributed by atoms with Gasteiger partial charge in [0.05, 0.1) is 9.75 Å². The van der Waals surface area contributed by atoms with Crippen LogP contribution in [0.2, 0.25) is 0 Å². The highest BCUT2D eigenvalue weighted by molar-refractivity contribution is 6.66. The van der Waals surface area contributed by atoms with Crippen LogP contribution in [-0.4, -0.2) is 30.1 Å². The number of hydrogen-bond donors (Lipinski definition) is 0. The van der Waals surface area contributed by atoms with Crippen LogP contribution in [0.5, 0.6) is 0 Å². The maximum atomic E-state index is 11.4. The molecule has 0 aromatic heterocycles. The van der Waals surface area contributed by atoms with Crippen molar-refractivity contribution in [2.24, 2.45) is 29.6 Å². The Balaban J connectivity index is 1.89. The van der Waals surface area contributed by atoms with Crippen LogP contribution >= 0.6 is 69.6 Å². The number of rotatable bonds is 1. The first-order chi connectivity index (χ1) is 8.67. The van der Waals surface area contributed by atoms with E-state index in [1.807, 2.05) is 0 Å². The highest BCUT2D eigenvalue weighted by atomic mass is 35.5. The number of carbonyl (C=O) groups excluding carboxylic acids is 1. The summed E-state index contributed by atoms with van der Waals surface area (Å²) in [6, 6.07) is 0. The van der Waals surface area contributed by atoms with E-state index in [9.17, 15) is 4.79 Å². The van der Waals surface area contributed by atoms with Crippen LogP contribution in [0.3, 0.4) is 0 Å². The van der Waals surface area contributed by atoms with E-state index in [2.05, 4.69) is 0 Å². The minimum Gasteiger partial charge on any atom is -0.303 e. The fourth-order valence-corrected chi connectivity index (χ4v) is 10.9. The maximum Gasteiger partial charge on any atom is 0.160 e. The Morgan fingerprint density at radius 3 is 1.84 bits per heavy atom. The summed E-state index contributed by atoms with van der Waals surface area (Å²) in [5.41, 5.74) is 0. The fraction of sp³-hybridized carbons (Fsp3) is 0.917. The summed E-state index contributed by atoms with van der Waals surface area (Å²) >= 11 is 40.4. The van der Waals surface area contributed by atoms with Gasteiger partial charge in [-0.1, -0.05) is 23.2 Å². The van der Waals surface area contributed by atoms with Gasteiger partial charge in [0.15, 0.2) is 4.33 Å². The molecule has 5 aliphatic rings. The second-order valence-corrected chi connectivity index (χ2v) is 10.4. The molecule has 5 rings (SSSR count). The van der Waals surface area contributed by atoms with Gasteiger partial charge in [-0.15, -0.1) is 46.4 Å². The van der Waals surface area contributed by atoms with Crippen molar-refractivity contribution < 1.29 is 4.79 Å². The molecule has 7 heteroatoms. The van der Waals surface area contributed by atoms with E-state index in [0.717, 1.165) is 12.7 Å². The summed E-state index contributed by atoms with van der Waals surface area (Å²) in [5.74, 6) is -0.143. The normalized spacial score (nSPS) is 76.6. The maximum absolute atomic E-state index is 11.4. The molecule has 0 radical (unpaired) electrons. The van der Waals surface area contributed by atoms with Crippen LogP contribution in [0.4, 0.5) is 0 Å². The summed E-state index contributed by atoms with van der Waals surface area (Å²) in [6.45, 7) is 0. The van der Waals surface area contributed by atoms with Crippen molar-refractivity contribution in [2.75, 3.05) is 0 Å². The first kappa shape index (κ1) is 12.9. The standard InChI is InChI=1S/C12H8Cl6O/c13-8-5-3(2-19)1-4-6(5)9(14,12(8,17)18)11(16)7(4)10(8,11)15/h2-7H,1H2/t3-,4+,5-,6+,7-,8-,9+,10+,11-/m0/s1. The van der Waals surface area contributed by atoms with Gasteiger partial charge in [-0.25, -0.2) is 0 Å². The van der Waals surface area contributed by atoms with E-state index in [0.29, 0.717) is 0 Å². The molecule has 0 aliphatic heterocycles. The quantitative estimate of drug-likeness (QED) is 0.499. The number of alkyl halides is 6. The Morgan fingerprint density at radius 2 is 1.37 bits per heavy atom. The molecule has 19 heavy (non-hydrogen) atoms. The number of fused-ring (bicyclic) bond motifs is 5. The van der Waals surface area contributed by atoms with Gasteiger partial charge in [0, 0.05) is 11.8 Å². The Labute approximate surface area is 140 Å². The van der Waals surface area contributed by atoms with Crippen LogP contribution in [0, 0.1) is 29.6 Å². The minimum atomic E-state index is -1.41. The number of hydrogen-bond acceptors (Lipinski definition) is 1. The average Bonchev–Trinajstić information content (AvgIpc) is 2.59. The summed E-state index contributed by atoms with van der Waals surface area (Å²) < 4.78 is -1.41. The molecule has 0 heterocycles.